The summed E-state index contributed by atoms with van der Waals surface area (Å²) in [6.45, 7) is 6.30. The van der Waals surface area contributed by atoms with Gasteiger partial charge in [-0.25, -0.2) is 0 Å². The molecule has 0 atom stereocenters. The van der Waals surface area contributed by atoms with Crippen LogP contribution in [0.5, 0.6) is 0 Å². The highest BCUT2D eigenvalue weighted by Gasteiger charge is 2.00. The Hall–Kier alpha value is -0.460. The molecule has 66 valence electrons. The minimum atomic E-state index is 0.619. The van der Waals surface area contributed by atoms with E-state index in [1.807, 2.05) is 6.92 Å². The van der Waals surface area contributed by atoms with Gasteiger partial charge in [0.25, 0.3) is 0 Å². The molecular formula is C10H20O. The number of allylic oxidation sites excluding steroid dienone is 2. The van der Waals surface area contributed by atoms with Crippen LogP contribution in [-0.4, -0.2) is 5.11 Å². The van der Waals surface area contributed by atoms with Crippen molar-refractivity contribution in [1.29, 1.82) is 0 Å². The summed E-state index contributed by atoms with van der Waals surface area (Å²) in [5.41, 5.74) is 1.26. The van der Waals surface area contributed by atoms with E-state index in [0.29, 0.717) is 5.76 Å². The highest BCUT2D eigenvalue weighted by Crippen LogP contribution is 2.17. The van der Waals surface area contributed by atoms with E-state index >= 15 is 0 Å². The predicted molar refractivity (Wildman–Crippen MR) is 49.8 cm³/mol. The second-order valence-corrected chi connectivity index (χ2v) is 2.90. The van der Waals surface area contributed by atoms with Crippen molar-refractivity contribution in [2.24, 2.45) is 0 Å². The van der Waals surface area contributed by atoms with Crippen LogP contribution in [0.25, 0.3) is 0 Å². The van der Waals surface area contributed by atoms with E-state index in [1.54, 1.807) is 0 Å². The van der Waals surface area contributed by atoms with E-state index in [-0.39, 0.29) is 0 Å². The maximum atomic E-state index is 9.46. The van der Waals surface area contributed by atoms with Crippen molar-refractivity contribution in [3.8, 4) is 0 Å². The van der Waals surface area contributed by atoms with Crippen LogP contribution in [0, 0.1) is 0 Å². The molecule has 0 aliphatic heterocycles. The largest absolute Gasteiger partial charge is 0.512 e. The summed E-state index contributed by atoms with van der Waals surface area (Å²) < 4.78 is 0. The minimum absolute atomic E-state index is 0.619. The van der Waals surface area contributed by atoms with Crippen LogP contribution in [0.3, 0.4) is 0 Å². The molecule has 0 saturated heterocycles. The van der Waals surface area contributed by atoms with Gasteiger partial charge in [0.2, 0.25) is 0 Å². The highest BCUT2D eigenvalue weighted by atomic mass is 16.3. The van der Waals surface area contributed by atoms with Gasteiger partial charge in [-0.15, -0.1) is 0 Å². The molecule has 0 aromatic heterocycles. The SMILES string of the molecule is CCCC(CCC)=C(O)CC. The van der Waals surface area contributed by atoms with Gasteiger partial charge in [0.1, 0.15) is 0 Å². The van der Waals surface area contributed by atoms with E-state index in [0.717, 1.165) is 32.1 Å². The molecule has 11 heavy (non-hydrogen) atoms. The Balaban J connectivity index is 4.05. The molecule has 1 heteroatoms. The van der Waals surface area contributed by atoms with E-state index in [1.165, 1.54) is 5.57 Å². The summed E-state index contributed by atoms with van der Waals surface area (Å²) in [6, 6.07) is 0. The lowest BCUT2D eigenvalue weighted by Crippen LogP contribution is -1.90. The number of hydrogen-bond acceptors (Lipinski definition) is 1. The van der Waals surface area contributed by atoms with Gasteiger partial charge in [0.15, 0.2) is 0 Å². The molecule has 0 aliphatic carbocycles. The van der Waals surface area contributed by atoms with Crippen LogP contribution in [0.4, 0.5) is 0 Å². The van der Waals surface area contributed by atoms with Crippen molar-refractivity contribution in [2.45, 2.75) is 52.9 Å². The standard InChI is InChI=1S/C10H20O/c1-4-7-9(8-5-2)10(11)6-3/h11H,4-8H2,1-3H3. The quantitative estimate of drug-likeness (QED) is 0.600. The van der Waals surface area contributed by atoms with Gasteiger partial charge in [0, 0.05) is 6.42 Å². The van der Waals surface area contributed by atoms with Gasteiger partial charge < -0.3 is 5.11 Å². The van der Waals surface area contributed by atoms with E-state index in [4.69, 9.17) is 0 Å². The first-order valence-electron chi connectivity index (χ1n) is 4.66. The maximum Gasteiger partial charge on any atom is 0.0911 e. The Kier molecular flexibility index (Phi) is 6.00. The van der Waals surface area contributed by atoms with E-state index in [2.05, 4.69) is 13.8 Å². The molecule has 0 aromatic carbocycles. The molecule has 0 aliphatic rings. The van der Waals surface area contributed by atoms with Gasteiger partial charge in [-0.3, -0.25) is 0 Å². The van der Waals surface area contributed by atoms with Crippen LogP contribution in [0.15, 0.2) is 11.3 Å². The molecule has 1 nitrogen and oxygen atoms in total. The summed E-state index contributed by atoms with van der Waals surface area (Å²) in [4.78, 5) is 0. The first-order valence-corrected chi connectivity index (χ1v) is 4.66. The van der Waals surface area contributed by atoms with E-state index < -0.39 is 0 Å². The molecule has 0 amide bonds. The Morgan fingerprint density at radius 2 is 1.45 bits per heavy atom. The minimum Gasteiger partial charge on any atom is -0.512 e. The average molecular weight is 156 g/mol. The fourth-order valence-electron chi connectivity index (χ4n) is 1.27. The fraction of sp³-hybridized carbons (Fsp3) is 0.800. The lowest BCUT2D eigenvalue weighted by atomic mass is 10.0. The second-order valence-electron chi connectivity index (χ2n) is 2.90. The summed E-state index contributed by atoms with van der Waals surface area (Å²) in [5, 5.41) is 9.46. The normalized spacial score (nSPS) is 9.73. The Labute approximate surface area is 70.1 Å². The molecule has 0 aromatic rings. The number of hydrogen-bond donors (Lipinski definition) is 1. The second kappa shape index (κ2) is 6.26. The third-order valence-electron chi connectivity index (χ3n) is 1.85. The van der Waals surface area contributed by atoms with Crippen molar-refractivity contribution in [3.63, 3.8) is 0 Å². The fourth-order valence-corrected chi connectivity index (χ4v) is 1.27. The van der Waals surface area contributed by atoms with Gasteiger partial charge in [0.05, 0.1) is 5.76 Å². The smallest absolute Gasteiger partial charge is 0.0911 e. The van der Waals surface area contributed by atoms with Crippen molar-refractivity contribution in [3.05, 3.63) is 11.3 Å². The molecule has 0 spiro atoms. The number of aliphatic hydroxyl groups is 1. The van der Waals surface area contributed by atoms with Crippen LogP contribution >= 0.6 is 0 Å². The number of rotatable bonds is 5. The summed E-state index contributed by atoms with van der Waals surface area (Å²) >= 11 is 0. The third-order valence-corrected chi connectivity index (χ3v) is 1.85. The Morgan fingerprint density at radius 1 is 1.00 bits per heavy atom. The van der Waals surface area contributed by atoms with Crippen molar-refractivity contribution in [1.82, 2.24) is 0 Å². The summed E-state index contributed by atoms with van der Waals surface area (Å²) in [5.74, 6) is 0.619. The van der Waals surface area contributed by atoms with Crippen LogP contribution in [0.1, 0.15) is 52.9 Å². The lowest BCUT2D eigenvalue weighted by Gasteiger charge is -2.06. The van der Waals surface area contributed by atoms with Crippen molar-refractivity contribution >= 4 is 0 Å². The van der Waals surface area contributed by atoms with Crippen LogP contribution < -0.4 is 0 Å². The molecule has 1 N–H and O–H groups in total. The van der Waals surface area contributed by atoms with Gasteiger partial charge in [-0.05, 0) is 18.4 Å². The molecule has 0 heterocycles. The first kappa shape index (κ1) is 10.5. The molecule has 0 fully saturated rings. The molecule has 0 saturated carbocycles. The molecule has 0 radical (unpaired) electrons. The predicted octanol–water partition coefficient (Wildman–Crippen LogP) is 3.81. The van der Waals surface area contributed by atoms with Gasteiger partial charge >= 0.3 is 0 Å². The van der Waals surface area contributed by atoms with Crippen LogP contribution in [-0.2, 0) is 0 Å². The first-order chi connectivity index (χ1) is 5.26. The van der Waals surface area contributed by atoms with Gasteiger partial charge in [-0.2, -0.15) is 0 Å². The highest BCUT2D eigenvalue weighted by molar-refractivity contribution is 5.06. The third kappa shape index (κ3) is 4.07. The zero-order valence-electron chi connectivity index (χ0n) is 7.98. The number of aliphatic hydroxyl groups excluding tert-OH is 1. The zero-order chi connectivity index (χ0) is 8.69. The van der Waals surface area contributed by atoms with Crippen molar-refractivity contribution in [2.75, 3.05) is 0 Å². The maximum absolute atomic E-state index is 9.46. The molecular weight excluding hydrogens is 136 g/mol. The zero-order valence-corrected chi connectivity index (χ0v) is 7.98. The monoisotopic (exact) mass is 156 g/mol. The Morgan fingerprint density at radius 3 is 1.73 bits per heavy atom. The average Bonchev–Trinajstić information content (AvgIpc) is 2.03. The van der Waals surface area contributed by atoms with E-state index in [9.17, 15) is 5.11 Å². The van der Waals surface area contributed by atoms with Crippen LogP contribution in [0.2, 0.25) is 0 Å². The summed E-state index contributed by atoms with van der Waals surface area (Å²) in [7, 11) is 0. The molecule has 0 unspecified atom stereocenters. The van der Waals surface area contributed by atoms with Crippen molar-refractivity contribution < 1.29 is 5.11 Å². The topological polar surface area (TPSA) is 20.2 Å². The van der Waals surface area contributed by atoms with Gasteiger partial charge in [-0.1, -0.05) is 33.6 Å². The molecule has 0 rings (SSSR count). The Bertz CT molecular complexity index is 117. The lowest BCUT2D eigenvalue weighted by molar-refractivity contribution is 0.380. The summed E-state index contributed by atoms with van der Waals surface area (Å²) in [6.07, 6.45) is 5.19. The molecule has 0 bridgehead atoms.